The summed E-state index contributed by atoms with van der Waals surface area (Å²) in [6.45, 7) is 2.06. The monoisotopic (exact) mass is 334 g/mol. The molecule has 6 nitrogen and oxygen atoms in total. The summed E-state index contributed by atoms with van der Waals surface area (Å²) in [6, 6.07) is 10.5. The Morgan fingerprint density at radius 2 is 1.74 bits per heavy atom. The summed E-state index contributed by atoms with van der Waals surface area (Å²) < 4.78 is 0. The Bertz CT molecular complexity index is 637. The highest BCUT2D eigenvalue weighted by atomic mass is 32.2. The summed E-state index contributed by atoms with van der Waals surface area (Å²) in [5.41, 5.74) is 3.71. The molecule has 0 saturated heterocycles. The molecule has 0 atom stereocenters. The van der Waals surface area contributed by atoms with E-state index in [0.717, 1.165) is 17.2 Å². The van der Waals surface area contributed by atoms with Gasteiger partial charge in [-0.1, -0.05) is 30.3 Å². The zero-order valence-electron chi connectivity index (χ0n) is 12.6. The summed E-state index contributed by atoms with van der Waals surface area (Å²) in [7, 11) is 0. The molecule has 0 aliphatic heterocycles. The molecular weight excluding hydrogens is 316 g/mol. The van der Waals surface area contributed by atoms with Crippen LogP contribution in [0.5, 0.6) is 0 Å². The van der Waals surface area contributed by atoms with E-state index in [0.29, 0.717) is 12.2 Å². The van der Waals surface area contributed by atoms with Gasteiger partial charge in [0.05, 0.1) is 12.0 Å². The number of imidazole rings is 1. The zero-order valence-corrected chi connectivity index (χ0v) is 13.4. The third kappa shape index (κ3) is 8.47. The molecule has 7 heteroatoms. The Hall–Kier alpha value is -2.54. The minimum absolute atomic E-state index is 0.558. The van der Waals surface area contributed by atoms with Crippen LogP contribution in [0.2, 0.25) is 0 Å². The first-order chi connectivity index (χ1) is 11.0. The normalized spacial score (nSPS) is 10.1. The summed E-state index contributed by atoms with van der Waals surface area (Å²) in [6.07, 6.45) is 2.87. The molecule has 0 fully saturated rings. The van der Waals surface area contributed by atoms with Crippen LogP contribution >= 0.6 is 11.8 Å². The molecular formula is C16H18N2O4S. The zero-order chi connectivity index (χ0) is 17.1. The van der Waals surface area contributed by atoms with E-state index < -0.39 is 11.9 Å². The Morgan fingerprint density at radius 1 is 1.13 bits per heavy atom. The van der Waals surface area contributed by atoms with Crippen LogP contribution in [0.25, 0.3) is 0 Å². The number of hydrogen-bond acceptors (Lipinski definition) is 4. The number of benzene rings is 1. The van der Waals surface area contributed by atoms with Gasteiger partial charge in [0.1, 0.15) is 0 Å². The van der Waals surface area contributed by atoms with E-state index in [9.17, 15) is 9.59 Å². The lowest BCUT2D eigenvalue weighted by Gasteiger charge is -2.00. The van der Waals surface area contributed by atoms with Gasteiger partial charge in [-0.2, -0.15) is 11.8 Å². The number of aromatic amines is 1. The fourth-order valence-corrected chi connectivity index (χ4v) is 2.53. The molecule has 1 aromatic heterocycles. The van der Waals surface area contributed by atoms with E-state index in [1.54, 1.807) is 6.33 Å². The highest BCUT2D eigenvalue weighted by Crippen LogP contribution is 2.17. The number of rotatable bonds is 6. The molecule has 0 spiro atoms. The van der Waals surface area contributed by atoms with Crippen LogP contribution in [-0.4, -0.2) is 32.1 Å². The third-order valence-corrected chi connectivity index (χ3v) is 3.67. The van der Waals surface area contributed by atoms with Crippen molar-refractivity contribution in [1.82, 2.24) is 9.97 Å². The fraction of sp³-hybridized carbons (Fsp3) is 0.188. The molecule has 23 heavy (non-hydrogen) atoms. The predicted octanol–water partition coefficient (Wildman–Crippen LogP) is 2.86. The maximum Gasteiger partial charge on any atom is 0.328 e. The van der Waals surface area contributed by atoms with Crippen molar-refractivity contribution >= 4 is 23.7 Å². The van der Waals surface area contributed by atoms with Crippen LogP contribution in [0.3, 0.4) is 0 Å². The van der Waals surface area contributed by atoms with Gasteiger partial charge in [0.25, 0.3) is 0 Å². The molecule has 2 rings (SSSR count). The number of carbonyl (C=O) groups is 2. The molecule has 0 aliphatic rings. The van der Waals surface area contributed by atoms with E-state index in [4.69, 9.17) is 10.2 Å². The minimum atomic E-state index is -1.26. The number of nitrogens with zero attached hydrogens (tertiary/aromatic N) is 1. The van der Waals surface area contributed by atoms with E-state index in [-0.39, 0.29) is 0 Å². The Kier molecular flexibility index (Phi) is 8.23. The van der Waals surface area contributed by atoms with E-state index >= 15 is 0 Å². The topological polar surface area (TPSA) is 103 Å². The molecule has 0 radical (unpaired) electrons. The van der Waals surface area contributed by atoms with Crippen LogP contribution in [-0.2, 0) is 21.1 Å². The molecule has 0 unspecified atom stereocenters. The Labute approximate surface area is 138 Å². The van der Waals surface area contributed by atoms with Crippen molar-refractivity contribution in [2.45, 2.75) is 18.4 Å². The van der Waals surface area contributed by atoms with Crippen LogP contribution < -0.4 is 0 Å². The first-order valence-corrected chi connectivity index (χ1v) is 7.89. The minimum Gasteiger partial charge on any atom is -0.478 e. The molecule has 0 amide bonds. The van der Waals surface area contributed by atoms with Crippen molar-refractivity contribution in [3.8, 4) is 0 Å². The van der Waals surface area contributed by atoms with Gasteiger partial charge in [-0.3, -0.25) is 0 Å². The van der Waals surface area contributed by atoms with Crippen molar-refractivity contribution in [2.24, 2.45) is 0 Å². The van der Waals surface area contributed by atoms with Crippen molar-refractivity contribution in [1.29, 1.82) is 0 Å². The van der Waals surface area contributed by atoms with Gasteiger partial charge < -0.3 is 15.2 Å². The lowest BCUT2D eigenvalue weighted by molar-refractivity contribution is -0.134. The SMILES string of the molecule is Cc1[nH]cnc1CSCc1ccccc1.O=C(O)/C=C/C(=O)O. The van der Waals surface area contributed by atoms with Gasteiger partial charge in [-0.25, -0.2) is 14.6 Å². The molecule has 0 saturated carbocycles. The van der Waals surface area contributed by atoms with Crippen molar-refractivity contribution in [3.05, 3.63) is 65.8 Å². The van der Waals surface area contributed by atoms with Gasteiger partial charge in [0.2, 0.25) is 0 Å². The third-order valence-electron chi connectivity index (χ3n) is 2.65. The van der Waals surface area contributed by atoms with Gasteiger partial charge in [0.15, 0.2) is 0 Å². The second-order valence-electron chi connectivity index (χ2n) is 4.46. The van der Waals surface area contributed by atoms with Crippen molar-refractivity contribution < 1.29 is 19.8 Å². The van der Waals surface area contributed by atoms with Gasteiger partial charge in [0, 0.05) is 29.4 Å². The number of carboxylic acid groups (broad SMARTS) is 2. The number of aliphatic carboxylic acids is 2. The average molecular weight is 334 g/mol. The van der Waals surface area contributed by atoms with Crippen LogP contribution in [0.1, 0.15) is 17.0 Å². The fourth-order valence-electron chi connectivity index (χ4n) is 1.52. The number of aryl methyl sites for hydroxylation is 1. The number of H-pyrrole nitrogens is 1. The van der Waals surface area contributed by atoms with Gasteiger partial charge in [-0.05, 0) is 12.5 Å². The van der Waals surface area contributed by atoms with Crippen LogP contribution in [0.4, 0.5) is 0 Å². The highest BCUT2D eigenvalue weighted by Gasteiger charge is 2.00. The van der Waals surface area contributed by atoms with E-state index in [1.165, 1.54) is 11.3 Å². The summed E-state index contributed by atoms with van der Waals surface area (Å²) in [5, 5.41) is 15.6. The number of thioether (sulfide) groups is 1. The lowest BCUT2D eigenvalue weighted by atomic mass is 10.2. The van der Waals surface area contributed by atoms with Gasteiger partial charge >= 0.3 is 11.9 Å². The second-order valence-corrected chi connectivity index (χ2v) is 5.45. The number of carboxylic acids is 2. The van der Waals surface area contributed by atoms with E-state index in [1.807, 2.05) is 17.8 Å². The lowest BCUT2D eigenvalue weighted by Crippen LogP contribution is -1.91. The summed E-state index contributed by atoms with van der Waals surface area (Å²) in [4.78, 5) is 26.5. The number of aromatic nitrogens is 2. The van der Waals surface area contributed by atoms with Crippen molar-refractivity contribution in [2.75, 3.05) is 0 Å². The maximum absolute atomic E-state index is 9.55. The predicted molar refractivity (Wildman–Crippen MR) is 89.2 cm³/mol. The maximum atomic E-state index is 9.55. The van der Waals surface area contributed by atoms with Crippen LogP contribution in [0.15, 0.2) is 48.8 Å². The summed E-state index contributed by atoms with van der Waals surface area (Å²) in [5.74, 6) is -0.489. The van der Waals surface area contributed by atoms with Gasteiger partial charge in [-0.15, -0.1) is 0 Å². The first-order valence-electron chi connectivity index (χ1n) is 6.73. The van der Waals surface area contributed by atoms with Crippen LogP contribution in [0, 0.1) is 6.92 Å². The molecule has 122 valence electrons. The molecule has 1 heterocycles. The largest absolute Gasteiger partial charge is 0.478 e. The number of hydrogen-bond donors (Lipinski definition) is 3. The first kappa shape index (κ1) is 18.5. The summed E-state index contributed by atoms with van der Waals surface area (Å²) >= 11 is 1.90. The molecule has 0 bridgehead atoms. The Morgan fingerprint density at radius 3 is 2.22 bits per heavy atom. The quantitative estimate of drug-likeness (QED) is 0.702. The standard InChI is InChI=1S/C12H14N2S.C4H4O4/c1-10-12(14-9-13-10)8-15-7-11-5-3-2-4-6-11;5-3(6)1-2-4(7)8/h2-6,9H,7-8H2,1H3,(H,13,14);1-2H,(H,5,6)(H,7,8)/b;2-1+. The average Bonchev–Trinajstić information content (AvgIpc) is 2.92. The second kappa shape index (κ2) is 10.2. The number of nitrogens with one attached hydrogen (secondary N) is 1. The molecule has 0 aliphatic carbocycles. The highest BCUT2D eigenvalue weighted by molar-refractivity contribution is 7.97. The molecule has 2 aromatic rings. The van der Waals surface area contributed by atoms with E-state index in [2.05, 4.69) is 41.2 Å². The molecule has 3 N–H and O–H groups in total. The Balaban J connectivity index is 0.000000284. The van der Waals surface area contributed by atoms with Crippen molar-refractivity contribution in [3.63, 3.8) is 0 Å². The molecule has 1 aromatic carbocycles. The smallest absolute Gasteiger partial charge is 0.328 e.